The van der Waals surface area contributed by atoms with Gasteiger partial charge in [-0.1, -0.05) is 29.8 Å². The minimum absolute atomic E-state index is 0.0967. The number of aryl methyl sites for hydroxylation is 1. The number of carbonyl (C=O) groups is 1. The molecule has 1 aliphatic rings. The van der Waals surface area contributed by atoms with Crippen molar-refractivity contribution in [1.82, 2.24) is 0 Å². The largest absolute Gasteiger partial charge is 0.502 e. The molecule has 1 unspecified atom stereocenters. The minimum Gasteiger partial charge on any atom is -0.502 e. The highest BCUT2D eigenvalue weighted by Crippen LogP contribution is 2.44. The van der Waals surface area contributed by atoms with Crippen LogP contribution < -0.4 is 4.90 Å². The van der Waals surface area contributed by atoms with Crippen molar-refractivity contribution in [1.29, 1.82) is 0 Å². The lowest BCUT2D eigenvalue weighted by molar-refractivity contribution is -0.117. The number of benzene rings is 3. The number of nitrogens with zero attached hydrogens (tertiary/aromatic N) is 1. The Bertz CT molecular complexity index is 1280. The third-order valence-electron chi connectivity index (χ3n) is 5.07. The standard InChI is InChI=1S/C23H17F2NO4S/c1-14-2-12-19(13-3-14)31(29,30)22-20(15-4-6-16(24)7-5-15)26(23(28)21(22)27)18-10-8-17(25)9-11-18/h2-13,20,27H,1H3. The van der Waals surface area contributed by atoms with E-state index in [4.69, 9.17) is 0 Å². The van der Waals surface area contributed by atoms with Gasteiger partial charge in [-0.25, -0.2) is 17.2 Å². The number of anilines is 1. The number of carbonyl (C=O) groups excluding carboxylic acids is 1. The Labute approximate surface area is 177 Å². The Morgan fingerprint density at radius 3 is 1.90 bits per heavy atom. The van der Waals surface area contributed by atoms with Gasteiger partial charge in [0.05, 0.1) is 4.90 Å². The third kappa shape index (κ3) is 3.59. The van der Waals surface area contributed by atoms with E-state index >= 15 is 0 Å². The van der Waals surface area contributed by atoms with E-state index in [9.17, 15) is 27.1 Å². The maximum atomic E-state index is 13.5. The van der Waals surface area contributed by atoms with Gasteiger partial charge in [0, 0.05) is 5.69 Å². The summed E-state index contributed by atoms with van der Waals surface area (Å²) >= 11 is 0. The smallest absolute Gasteiger partial charge is 0.295 e. The van der Waals surface area contributed by atoms with Crippen LogP contribution in [-0.4, -0.2) is 19.4 Å². The Kier molecular flexibility index (Phi) is 5.10. The van der Waals surface area contributed by atoms with Gasteiger partial charge < -0.3 is 5.11 Å². The van der Waals surface area contributed by atoms with Gasteiger partial charge in [0.2, 0.25) is 9.84 Å². The molecular formula is C23H17F2NO4S. The van der Waals surface area contributed by atoms with Crippen molar-refractivity contribution in [2.75, 3.05) is 4.90 Å². The van der Waals surface area contributed by atoms with E-state index in [-0.39, 0.29) is 16.1 Å². The van der Waals surface area contributed by atoms with Crippen molar-refractivity contribution in [2.24, 2.45) is 0 Å². The molecule has 0 saturated carbocycles. The molecule has 0 fully saturated rings. The van der Waals surface area contributed by atoms with E-state index < -0.39 is 44.1 Å². The summed E-state index contributed by atoms with van der Waals surface area (Å²) in [7, 11) is -4.29. The topological polar surface area (TPSA) is 74.7 Å². The van der Waals surface area contributed by atoms with Crippen LogP contribution in [0, 0.1) is 18.6 Å². The first kappa shape index (κ1) is 20.7. The molecule has 0 saturated heterocycles. The Hall–Kier alpha value is -3.52. The fourth-order valence-electron chi connectivity index (χ4n) is 3.52. The molecule has 3 aromatic carbocycles. The van der Waals surface area contributed by atoms with Gasteiger partial charge in [0.15, 0.2) is 5.76 Å². The number of hydrogen-bond acceptors (Lipinski definition) is 4. The molecule has 1 atom stereocenters. The van der Waals surface area contributed by atoms with Crippen LogP contribution in [-0.2, 0) is 14.6 Å². The van der Waals surface area contributed by atoms with Crippen molar-refractivity contribution < 1.29 is 27.1 Å². The zero-order valence-corrected chi connectivity index (χ0v) is 17.1. The van der Waals surface area contributed by atoms with E-state index in [0.717, 1.165) is 34.7 Å². The molecule has 1 N–H and O–H groups in total. The molecule has 31 heavy (non-hydrogen) atoms. The first-order valence-electron chi connectivity index (χ1n) is 9.29. The van der Waals surface area contributed by atoms with Crippen LogP contribution in [0.3, 0.4) is 0 Å². The van der Waals surface area contributed by atoms with Crippen LogP contribution in [0.4, 0.5) is 14.5 Å². The van der Waals surface area contributed by atoms with Gasteiger partial charge >= 0.3 is 0 Å². The zero-order chi connectivity index (χ0) is 22.3. The van der Waals surface area contributed by atoms with E-state index in [1.807, 2.05) is 0 Å². The van der Waals surface area contributed by atoms with E-state index in [0.29, 0.717) is 0 Å². The summed E-state index contributed by atoms with van der Waals surface area (Å²) in [6.45, 7) is 1.80. The zero-order valence-electron chi connectivity index (χ0n) is 16.3. The normalized spacial score (nSPS) is 16.8. The molecule has 1 aliphatic heterocycles. The molecule has 8 heteroatoms. The summed E-state index contributed by atoms with van der Waals surface area (Å²) in [5, 5.41) is 10.6. The van der Waals surface area contributed by atoms with Crippen LogP contribution >= 0.6 is 0 Å². The van der Waals surface area contributed by atoms with Gasteiger partial charge in [-0.15, -0.1) is 0 Å². The van der Waals surface area contributed by atoms with Gasteiger partial charge in [-0.05, 0) is 61.0 Å². The summed E-state index contributed by atoms with van der Waals surface area (Å²) in [5.74, 6) is -2.97. The summed E-state index contributed by atoms with van der Waals surface area (Å²) in [6, 6.07) is 14.5. The van der Waals surface area contributed by atoms with Gasteiger partial charge in [-0.3, -0.25) is 9.69 Å². The second-order valence-corrected chi connectivity index (χ2v) is 9.05. The molecule has 0 spiro atoms. The number of sulfone groups is 1. The predicted octanol–water partition coefficient (Wildman–Crippen LogP) is 4.60. The first-order chi connectivity index (χ1) is 14.7. The highest BCUT2D eigenvalue weighted by atomic mass is 32.2. The Morgan fingerprint density at radius 1 is 0.839 bits per heavy atom. The minimum atomic E-state index is -4.29. The Balaban J connectivity index is 1.93. The quantitative estimate of drug-likeness (QED) is 0.642. The maximum Gasteiger partial charge on any atom is 0.295 e. The molecule has 158 valence electrons. The van der Waals surface area contributed by atoms with Crippen LogP contribution in [0.15, 0.2) is 88.4 Å². The molecule has 4 rings (SSSR count). The highest BCUT2D eigenvalue weighted by Gasteiger charge is 2.47. The lowest BCUT2D eigenvalue weighted by atomic mass is 10.1. The molecule has 1 amide bonds. The average molecular weight is 441 g/mol. The van der Waals surface area contributed by atoms with E-state index in [2.05, 4.69) is 0 Å². The number of halogens is 2. The van der Waals surface area contributed by atoms with Gasteiger partial charge in [0.1, 0.15) is 22.6 Å². The molecule has 0 radical (unpaired) electrons. The predicted molar refractivity (Wildman–Crippen MR) is 111 cm³/mol. The Morgan fingerprint density at radius 2 is 1.35 bits per heavy atom. The molecule has 0 bridgehead atoms. The van der Waals surface area contributed by atoms with E-state index in [1.54, 1.807) is 19.1 Å². The van der Waals surface area contributed by atoms with Crippen molar-refractivity contribution in [3.63, 3.8) is 0 Å². The lowest BCUT2D eigenvalue weighted by Crippen LogP contribution is -2.31. The highest BCUT2D eigenvalue weighted by molar-refractivity contribution is 7.95. The first-order valence-corrected chi connectivity index (χ1v) is 10.8. The number of aliphatic hydroxyl groups is 1. The molecule has 3 aromatic rings. The monoisotopic (exact) mass is 441 g/mol. The van der Waals surface area contributed by atoms with Crippen molar-refractivity contribution in [2.45, 2.75) is 17.9 Å². The van der Waals surface area contributed by atoms with Crippen LogP contribution in [0.2, 0.25) is 0 Å². The van der Waals surface area contributed by atoms with Crippen LogP contribution in [0.25, 0.3) is 0 Å². The number of hydrogen-bond donors (Lipinski definition) is 1. The van der Waals surface area contributed by atoms with Gasteiger partial charge in [-0.2, -0.15) is 0 Å². The second-order valence-electron chi connectivity index (χ2n) is 7.14. The molecule has 0 aromatic heterocycles. The fourth-order valence-corrected chi connectivity index (χ4v) is 5.14. The summed E-state index contributed by atoms with van der Waals surface area (Å²) in [5.41, 5.74) is 1.29. The molecule has 0 aliphatic carbocycles. The fraction of sp³-hybridized carbons (Fsp3) is 0.0870. The maximum absolute atomic E-state index is 13.5. The average Bonchev–Trinajstić information content (AvgIpc) is 3.01. The summed E-state index contributed by atoms with van der Waals surface area (Å²) in [4.78, 5) is 13.4. The number of amides is 1. The summed E-state index contributed by atoms with van der Waals surface area (Å²) in [6.07, 6.45) is 0. The number of rotatable bonds is 4. The van der Waals surface area contributed by atoms with Crippen molar-refractivity contribution in [3.05, 3.63) is 106 Å². The molecular weight excluding hydrogens is 424 g/mol. The van der Waals surface area contributed by atoms with Crippen LogP contribution in [0.1, 0.15) is 17.2 Å². The molecule has 1 heterocycles. The lowest BCUT2D eigenvalue weighted by Gasteiger charge is -2.27. The molecule has 5 nitrogen and oxygen atoms in total. The number of aliphatic hydroxyl groups excluding tert-OH is 1. The second kappa shape index (κ2) is 7.63. The third-order valence-corrected chi connectivity index (χ3v) is 6.96. The van der Waals surface area contributed by atoms with E-state index in [1.165, 1.54) is 36.4 Å². The van der Waals surface area contributed by atoms with Crippen molar-refractivity contribution in [3.8, 4) is 0 Å². The van der Waals surface area contributed by atoms with Gasteiger partial charge in [0.25, 0.3) is 5.91 Å². The summed E-state index contributed by atoms with van der Waals surface area (Å²) < 4.78 is 53.9. The van der Waals surface area contributed by atoms with Crippen molar-refractivity contribution >= 4 is 21.4 Å². The SMILES string of the molecule is Cc1ccc(S(=O)(=O)C2=C(O)C(=O)N(c3ccc(F)cc3)C2c2ccc(F)cc2)cc1. The van der Waals surface area contributed by atoms with Crippen LogP contribution in [0.5, 0.6) is 0 Å².